The maximum Gasteiger partial charge on any atom is 0.117 e. The molecule has 5 heteroatoms. The van der Waals surface area contributed by atoms with E-state index in [1.54, 1.807) is 11.8 Å². The number of aromatic nitrogens is 2. The Kier molecular flexibility index (Phi) is 3.55. The van der Waals surface area contributed by atoms with E-state index in [4.69, 9.17) is 5.73 Å². The first-order chi connectivity index (χ1) is 5.74. The van der Waals surface area contributed by atoms with Gasteiger partial charge in [0.2, 0.25) is 0 Å². The first-order valence-corrected chi connectivity index (χ1v) is 4.88. The summed E-state index contributed by atoms with van der Waals surface area (Å²) in [5, 5.41) is 7.92. The predicted octanol–water partition coefficient (Wildman–Crippen LogP) is 0.958. The Morgan fingerprint density at radius 1 is 1.58 bits per heavy atom. The molecule has 12 heavy (non-hydrogen) atoms. The number of nitrogens with zero attached hydrogens (tertiary/aromatic N) is 2. The van der Waals surface area contributed by atoms with Gasteiger partial charge in [0.1, 0.15) is 11.4 Å². The van der Waals surface area contributed by atoms with E-state index < -0.39 is 0 Å². The highest BCUT2D eigenvalue weighted by Crippen LogP contribution is 2.16. The molecule has 0 aliphatic heterocycles. The van der Waals surface area contributed by atoms with Gasteiger partial charge in [-0.15, -0.1) is 0 Å². The van der Waals surface area contributed by atoms with Crippen LogP contribution in [0, 0.1) is 6.92 Å². The van der Waals surface area contributed by atoms with Gasteiger partial charge in [-0.3, -0.25) is 0 Å². The molecule has 2 N–H and O–H groups in total. The SMILES string of the molecule is Cc1nonc1CSC(C)CN. The Morgan fingerprint density at radius 3 is 2.83 bits per heavy atom. The van der Waals surface area contributed by atoms with Crippen LogP contribution in [-0.4, -0.2) is 22.1 Å². The summed E-state index contributed by atoms with van der Waals surface area (Å²) in [6.07, 6.45) is 0. The zero-order valence-corrected chi connectivity index (χ0v) is 8.10. The van der Waals surface area contributed by atoms with Gasteiger partial charge in [-0.1, -0.05) is 17.2 Å². The summed E-state index contributed by atoms with van der Waals surface area (Å²) in [5.41, 5.74) is 7.25. The summed E-state index contributed by atoms with van der Waals surface area (Å²) in [6, 6.07) is 0. The Bertz CT molecular complexity index is 238. The number of rotatable bonds is 4. The Hall–Kier alpha value is -0.550. The van der Waals surface area contributed by atoms with Gasteiger partial charge in [0, 0.05) is 17.5 Å². The average molecular weight is 187 g/mol. The highest BCUT2D eigenvalue weighted by Gasteiger charge is 2.06. The lowest BCUT2D eigenvalue weighted by molar-refractivity contribution is 0.302. The standard InChI is InChI=1S/C7H13N3OS/c1-5(3-8)12-4-7-6(2)9-11-10-7/h5H,3-4,8H2,1-2H3. The topological polar surface area (TPSA) is 64.9 Å². The summed E-state index contributed by atoms with van der Waals surface area (Å²) in [4.78, 5) is 0. The van der Waals surface area contributed by atoms with E-state index in [9.17, 15) is 0 Å². The minimum atomic E-state index is 0.459. The van der Waals surface area contributed by atoms with Gasteiger partial charge < -0.3 is 5.73 Å². The van der Waals surface area contributed by atoms with E-state index in [-0.39, 0.29) is 0 Å². The summed E-state index contributed by atoms with van der Waals surface area (Å²) in [5.74, 6) is 0.827. The van der Waals surface area contributed by atoms with Crippen molar-refractivity contribution in [2.75, 3.05) is 6.54 Å². The number of nitrogens with two attached hydrogens (primary N) is 1. The van der Waals surface area contributed by atoms with Crippen molar-refractivity contribution in [3.63, 3.8) is 0 Å². The van der Waals surface area contributed by atoms with Crippen LogP contribution in [0.1, 0.15) is 18.3 Å². The third kappa shape index (κ3) is 2.49. The van der Waals surface area contributed by atoms with Crippen molar-refractivity contribution in [3.05, 3.63) is 11.4 Å². The molecule has 1 aromatic heterocycles. The average Bonchev–Trinajstić information content (AvgIpc) is 2.47. The molecule has 0 fully saturated rings. The summed E-state index contributed by atoms with van der Waals surface area (Å²) in [6.45, 7) is 4.67. The third-order valence-corrected chi connectivity index (χ3v) is 2.78. The molecule has 0 spiro atoms. The summed E-state index contributed by atoms with van der Waals surface area (Å²) >= 11 is 1.76. The second kappa shape index (κ2) is 4.47. The normalized spacial score (nSPS) is 13.2. The van der Waals surface area contributed by atoms with E-state index in [1.807, 2.05) is 6.92 Å². The zero-order chi connectivity index (χ0) is 8.97. The molecule has 68 valence electrons. The first kappa shape index (κ1) is 9.54. The smallest absolute Gasteiger partial charge is 0.117 e. The highest BCUT2D eigenvalue weighted by atomic mass is 32.2. The van der Waals surface area contributed by atoms with Gasteiger partial charge in [-0.05, 0) is 6.92 Å². The van der Waals surface area contributed by atoms with Crippen molar-refractivity contribution < 1.29 is 4.63 Å². The molecule has 1 rings (SSSR count). The number of thioether (sulfide) groups is 1. The van der Waals surface area contributed by atoms with E-state index in [0.29, 0.717) is 11.8 Å². The minimum Gasteiger partial charge on any atom is -0.329 e. The molecule has 0 radical (unpaired) electrons. The molecule has 1 aromatic rings. The van der Waals surface area contributed by atoms with Crippen molar-refractivity contribution in [1.29, 1.82) is 0 Å². The molecule has 0 saturated heterocycles. The van der Waals surface area contributed by atoms with Gasteiger partial charge in [-0.2, -0.15) is 11.8 Å². The largest absolute Gasteiger partial charge is 0.329 e. The van der Waals surface area contributed by atoms with Crippen LogP contribution in [-0.2, 0) is 5.75 Å². The van der Waals surface area contributed by atoms with Gasteiger partial charge in [0.25, 0.3) is 0 Å². The van der Waals surface area contributed by atoms with Crippen molar-refractivity contribution in [1.82, 2.24) is 10.3 Å². The van der Waals surface area contributed by atoms with Crippen LogP contribution < -0.4 is 5.73 Å². The van der Waals surface area contributed by atoms with E-state index >= 15 is 0 Å². The summed E-state index contributed by atoms with van der Waals surface area (Å²) in [7, 11) is 0. The second-order valence-corrected chi connectivity index (χ2v) is 4.08. The fraction of sp³-hybridized carbons (Fsp3) is 0.714. The predicted molar refractivity (Wildman–Crippen MR) is 48.8 cm³/mol. The number of hydrogen-bond donors (Lipinski definition) is 1. The molecule has 0 aliphatic carbocycles. The molecular formula is C7H13N3OS. The molecule has 0 saturated carbocycles. The lowest BCUT2D eigenvalue weighted by Gasteiger charge is -2.04. The molecule has 4 nitrogen and oxygen atoms in total. The first-order valence-electron chi connectivity index (χ1n) is 3.83. The molecule has 0 aliphatic rings. The Balaban J connectivity index is 2.38. The van der Waals surface area contributed by atoms with Gasteiger partial charge in [0.15, 0.2) is 0 Å². The fourth-order valence-corrected chi connectivity index (χ4v) is 1.51. The molecular weight excluding hydrogens is 174 g/mol. The van der Waals surface area contributed by atoms with Crippen LogP contribution in [0.2, 0.25) is 0 Å². The van der Waals surface area contributed by atoms with Crippen LogP contribution in [0.25, 0.3) is 0 Å². The molecule has 0 bridgehead atoms. The van der Waals surface area contributed by atoms with Gasteiger partial charge in [0.05, 0.1) is 0 Å². The summed E-state index contributed by atoms with van der Waals surface area (Å²) < 4.78 is 4.57. The monoisotopic (exact) mass is 187 g/mol. The van der Waals surface area contributed by atoms with Crippen molar-refractivity contribution in [2.24, 2.45) is 5.73 Å². The second-order valence-electron chi connectivity index (χ2n) is 2.65. The van der Waals surface area contributed by atoms with Crippen molar-refractivity contribution in [2.45, 2.75) is 24.9 Å². The van der Waals surface area contributed by atoms with Crippen molar-refractivity contribution in [3.8, 4) is 0 Å². The van der Waals surface area contributed by atoms with Crippen molar-refractivity contribution >= 4 is 11.8 Å². The van der Waals surface area contributed by atoms with E-state index in [2.05, 4.69) is 21.9 Å². The lowest BCUT2D eigenvalue weighted by atomic mass is 10.4. The molecule has 1 atom stereocenters. The van der Waals surface area contributed by atoms with Gasteiger partial charge >= 0.3 is 0 Å². The fourth-order valence-electron chi connectivity index (χ4n) is 0.670. The maximum absolute atomic E-state index is 5.47. The molecule has 1 unspecified atom stereocenters. The molecule has 1 heterocycles. The Labute approximate surface area is 75.9 Å². The molecule has 0 amide bonds. The van der Waals surface area contributed by atoms with Crippen LogP contribution in [0.15, 0.2) is 4.63 Å². The van der Waals surface area contributed by atoms with E-state index in [1.165, 1.54) is 0 Å². The quantitative estimate of drug-likeness (QED) is 0.760. The third-order valence-electron chi connectivity index (χ3n) is 1.58. The van der Waals surface area contributed by atoms with Crippen LogP contribution in [0.4, 0.5) is 0 Å². The van der Waals surface area contributed by atoms with Crippen LogP contribution in [0.5, 0.6) is 0 Å². The minimum absolute atomic E-state index is 0.459. The lowest BCUT2D eigenvalue weighted by Crippen LogP contribution is -2.12. The zero-order valence-electron chi connectivity index (χ0n) is 7.28. The molecule has 0 aromatic carbocycles. The van der Waals surface area contributed by atoms with E-state index in [0.717, 1.165) is 17.1 Å². The van der Waals surface area contributed by atoms with Crippen LogP contribution >= 0.6 is 11.8 Å². The van der Waals surface area contributed by atoms with Gasteiger partial charge in [-0.25, -0.2) is 4.63 Å². The number of aryl methyl sites for hydroxylation is 1. The van der Waals surface area contributed by atoms with Crippen LogP contribution in [0.3, 0.4) is 0 Å². The number of hydrogen-bond acceptors (Lipinski definition) is 5. The highest BCUT2D eigenvalue weighted by molar-refractivity contribution is 7.99. The Morgan fingerprint density at radius 2 is 2.33 bits per heavy atom. The maximum atomic E-state index is 5.47.